The third kappa shape index (κ3) is 5.16. The molecule has 2 aromatic rings. The van der Waals surface area contributed by atoms with Gasteiger partial charge in [-0.1, -0.05) is 18.2 Å². The second kappa shape index (κ2) is 8.52. The van der Waals surface area contributed by atoms with Gasteiger partial charge in [-0.25, -0.2) is 17.5 Å². The number of halogens is 1. The first-order valence-electron chi connectivity index (χ1n) is 9.10. The lowest BCUT2D eigenvalue weighted by Gasteiger charge is -2.38. The maximum Gasteiger partial charge on any atom is 0.215 e. The number of hydrogen-bond acceptors (Lipinski definition) is 4. The minimum atomic E-state index is -3.64. The Morgan fingerprint density at radius 1 is 1.07 bits per heavy atom. The van der Waals surface area contributed by atoms with Gasteiger partial charge in [0.25, 0.3) is 0 Å². The van der Waals surface area contributed by atoms with E-state index in [0.717, 1.165) is 31.9 Å². The first-order valence-corrected chi connectivity index (χ1v) is 10.8. The molecule has 1 N–H and O–H groups in total. The highest BCUT2D eigenvalue weighted by Gasteiger charge is 2.27. The summed E-state index contributed by atoms with van der Waals surface area (Å²) in [5.41, 5.74) is 1.24. The number of sulfonamides is 1. The molecule has 2 heterocycles. The summed E-state index contributed by atoms with van der Waals surface area (Å²) in [4.78, 5) is 4.57. The minimum Gasteiger partial charge on any atom is -0.353 e. The average Bonchev–Trinajstić information content (AvgIpc) is 3.04. The standard InChI is InChI=1S/C19H27FN4O2S/c1-22-10-12-24(13-11-22)19(18-8-5-9-23(18)2)14-21-27(25,26)15-16-6-3-4-7-17(16)20/h3-9,19,21H,10-15H2,1-2H3. The molecule has 0 bridgehead atoms. The van der Waals surface area contributed by atoms with Crippen LogP contribution in [0.4, 0.5) is 4.39 Å². The second-order valence-corrected chi connectivity index (χ2v) is 8.90. The van der Waals surface area contributed by atoms with Crippen molar-refractivity contribution < 1.29 is 12.8 Å². The maximum atomic E-state index is 13.8. The molecule has 0 amide bonds. The Labute approximate surface area is 160 Å². The van der Waals surface area contributed by atoms with Gasteiger partial charge in [-0.15, -0.1) is 0 Å². The Morgan fingerprint density at radius 2 is 1.78 bits per heavy atom. The van der Waals surface area contributed by atoms with Crippen LogP contribution >= 0.6 is 0 Å². The molecule has 27 heavy (non-hydrogen) atoms. The summed E-state index contributed by atoms with van der Waals surface area (Å²) in [5, 5.41) is 0. The highest BCUT2D eigenvalue weighted by Crippen LogP contribution is 2.22. The smallest absolute Gasteiger partial charge is 0.215 e. The Bertz CT molecular complexity index is 860. The number of aryl methyl sites for hydroxylation is 1. The van der Waals surface area contributed by atoms with Gasteiger partial charge in [0, 0.05) is 57.2 Å². The number of rotatable bonds is 7. The first-order chi connectivity index (χ1) is 12.9. The van der Waals surface area contributed by atoms with Crippen molar-refractivity contribution in [2.24, 2.45) is 7.05 Å². The van der Waals surface area contributed by atoms with Gasteiger partial charge in [0.2, 0.25) is 10.0 Å². The summed E-state index contributed by atoms with van der Waals surface area (Å²) in [6.07, 6.45) is 1.96. The second-order valence-electron chi connectivity index (χ2n) is 7.10. The molecule has 148 valence electrons. The van der Waals surface area contributed by atoms with Gasteiger partial charge in [0.1, 0.15) is 5.82 Å². The fourth-order valence-electron chi connectivity index (χ4n) is 3.45. The number of aromatic nitrogens is 1. The van der Waals surface area contributed by atoms with Crippen molar-refractivity contribution >= 4 is 10.0 Å². The molecular weight excluding hydrogens is 367 g/mol. The van der Waals surface area contributed by atoms with Gasteiger partial charge >= 0.3 is 0 Å². The number of benzene rings is 1. The molecule has 1 aromatic carbocycles. The minimum absolute atomic E-state index is 0.0610. The van der Waals surface area contributed by atoms with Crippen molar-refractivity contribution in [3.63, 3.8) is 0 Å². The summed E-state index contributed by atoms with van der Waals surface area (Å²) in [6.45, 7) is 3.91. The van der Waals surface area contributed by atoms with Gasteiger partial charge in [-0.05, 0) is 25.2 Å². The Hall–Kier alpha value is -1.74. The average molecular weight is 395 g/mol. The molecule has 3 rings (SSSR count). The number of likely N-dealkylation sites (N-methyl/N-ethyl adjacent to an activating group) is 1. The van der Waals surface area contributed by atoms with E-state index in [1.165, 1.54) is 12.1 Å². The van der Waals surface area contributed by atoms with Crippen LogP contribution in [0.25, 0.3) is 0 Å². The van der Waals surface area contributed by atoms with Gasteiger partial charge in [-0.3, -0.25) is 4.90 Å². The number of nitrogens with zero attached hydrogens (tertiary/aromatic N) is 3. The molecule has 1 fully saturated rings. The molecular formula is C19H27FN4O2S. The van der Waals surface area contributed by atoms with Crippen LogP contribution in [0.15, 0.2) is 42.6 Å². The molecule has 0 aliphatic carbocycles. The lowest BCUT2D eigenvalue weighted by molar-refractivity contribution is 0.109. The van der Waals surface area contributed by atoms with Crippen LogP contribution in [0.1, 0.15) is 17.3 Å². The predicted molar refractivity (Wildman–Crippen MR) is 104 cm³/mol. The van der Waals surface area contributed by atoms with E-state index in [4.69, 9.17) is 0 Å². The van der Waals surface area contributed by atoms with E-state index in [2.05, 4.69) is 21.6 Å². The Balaban J connectivity index is 1.72. The predicted octanol–water partition coefficient (Wildman–Crippen LogP) is 1.57. The van der Waals surface area contributed by atoms with E-state index in [1.54, 1.807) is 12.1 Å². The van der Waals surface area contributed by atoms with Crippen molar-refractivity contribution in [3.8, 4) is 0 Å². The highest BCUT2D eigenvalue weighted by atomic mass is 32.2. The molecule has 1 aliphatic heterocycles. The van der Waals surface area contributed by atoms with Crippen molar-refractivity contribution in [2.45, 2.75) is 11.8 Å². The van der Waals surface area contributed by atoms with Crippen LogP contribution in [0.5, 0.6) is 0 Å². The van der Waals surface area contributed by atoms with Crippen molar-refractivity contribution in [1.29, 1.82) is 0 Å². The first kappa shape index (κ1) is 20.0. The fourth-order valence-corrected chi connectivity index (χ4v) is 4.61. The lowest BCUT2D eigenvalue weighted by Crippen LogP contribution is -2.49. The zero-order valence-corrected chi connectivity index (χ0v) is 16.6. The number of nitrogens with one attached hydrogen (secondary N) is 1. The number of hydrogen-bond donors (Lipinski definition) is 1. The SMILES string of the molecule is CN1CCN(C(CNS(=O)(=O)Cc2ccccc2F)c2cccn2C)CC1. The quantitative estimate of drug-likeness (QED) is 0.775. The molecule has 1 aromatic heterocycles. The largest absolute Gasteiger partial charge is 0.353 e. The molecule has 0 radical (unpaired) electrons. The molecule has 1 unspecified atom stereocenters. The Kier molecular flexibility index (Phi) is 6.31. The van der Waals surface area contributed by atoms with E-state index >= 15 is 0 Å². The summed E-state index contributed by atoms with van der Waals surface area (Å²) in [7, 11) is 0.412. The van der Waals surface area contributed by atoms with Crippen molar-refractivity contribution in [3.05, 3.63) is 59.7 Å². The van der Waals surface area contributed by atoms with Gasteiger partial charge in [0.05, 0.1) is 11.8 Å². The molecule has 1 atom stereocenters. The zero-order chi connectivity index (χ0) is 19.4. The molecule has 0 spiro atoms. The van der Waals surface area contributed by atoms with E-state index in [1.807, 2.05) is 29.9 Å². The summed E-state index contributed by atoms with van der Waals surface area (Å²) < 4.78 is 43.6. The van der Waals surface area contributed by atoms with Crippen LogP contribution in [0.2, 0.25) is 0 Å². The Morgan fingerprint density at radius 3 is 2.41 bits per heavy atom. The summed E-state index contributed by atoms with van der Waals surface area (Å²) in [5.74, 6) is -0.858. The van der Waals surface area contributed by atoms with Crippen LogP contribution in [0, 0.1) is 5.82 Å². The molecule has 8 heteroatoms. The van der Waals surface area contributed by atoms with Gasteiger partial charge in [0.15, 0.2) is 0 Å². The van der Waals surface area contributed by atoms with Crippen LogP contribution in [0.3, 0.4) is 0 Å². The maximum absolute atomic E-state index is 13.8. The number of piperazine rings is 1. The normalized spacial score (nSPS) is 17.9. The van der Waals surface area contributed by atoms with Crippen LogP contribution < -0.4 is 4.72 Å². The van der Waals surface area contributed by atoms with Crippen molar-refractivity contribution in [2.75, 3.05) is 39.8 Å². The highest BCUT2D eigenvalue weighted by molar-refractivity contribution is 7.88. The van der Waals surface area contributed by atoms with Crippen LogP contribution in [-0.2, 0) is 22.8 Å². The van der Waals surface area contributed by atoms with E-state index in [-0.39, 0.29) is 23.9 Å². The van der Waals surface area contributed by atoms with E-state index in [9.17, 15) is 12.8 Å². The van der Waals surface area contributed by atoms with Crippen molar-refractivity contribution in [1.82, 2.24) is 19.1 Å². The van der Waals surface area contributed by atoms with E-state index < -0.39 is 15.8 Å². The third-order valence-corrected chi connectivity index (χ3v) is 6.40. The lowest BCUT2D eigenvalue weighted by atomic mass is 10.1. The topological polar surface area (TPSA) is 57.6 Å². The molecule has 0 saturated carbocycles. The zero-order valence-electron chi connectivity index (χ0n) is 15.8. The molecule has 1 aliphatic rings. The molecule has 1 saturated heterocycles. The monoisotopic (exact) mass is 394 g/mol. The summed E-state index contributed by atoms with van der Waals surface area (Å²) >= 11 is 0. The van der Waals surface area contributed by atoms with E-state index in [0.29, 0.717) is 0 Å². The van der Waals surface area contributed by atoms with Gasteiger partial charge in [-0.2, -0.15) is 0 Å². The molecule has 6 nitrogen and oxygen atoms in total. The fraction of sp³-hybridized carbons (Fsp3) is 0.474. The van der Waals surface area contributed by atoms with Crippen LogP contribution in [-0.4, -0.2) is 62.6 Å². The third-order valence-electron chi connectivity index (χ3n) is 5.10. The van der Waals surface area contributed by atoms with Gasteiger partial charge < -0.3 is 9.47 Å². The summed E-state index contributed by atoms with van der Waals surface area (Å²) in [6, 6.07) is 9.91.